The first kappa shape index (κ1) is 14.4. The molecule has 4 nitrogen and oxygen atoms in total. The lowest BCUT2D eigenvalue weighted by atomic mass is 10.1. The Balaban J connectivity index is 2.10. The first-order valence-corrected chi connectivity index (χ1v) is 7.62. The monoisotopic (exact) mass is 305 g/mol. The fourth-order valence-electron chi connectivity index (χ4n) is 2.95. The van der Waals surface area contributed by atoms with E-state index in [9.17, 15) is 4.79 Å². The Labute approximate surface area is 129 Å². The molecule has 5 heteroatoms. The average molecular weight is 306 g/mol. The van der Waals surface area contributed by atoms with Crippen molar-refractivity contribution in [2.45, 2.75) is 39.9 Å². The van der Waals surface area contributed by atoms with Gasteiger partial charge in [0, 0.05) is 30.7 Å². The number of rotatable bonds is 2. The smallest absolute Gasteiger partial charge is 0.305 e. The van der Waals surface area contributed by atoms with Gasteiger partial charge in [-0.1, -0.05) is 23.3 Å². The minimum absolute atomic E-state index is 0.0515. The Bertz CT molecular complexity index is 768. The van der Waals surface area contributed by atoms with E-state index in [1.54, 1.807) is 0 Å². The summed E-state index contributed by atoms with van der Waals surface area (Å²) in [5.41, 5.74) is 4.20. The van der Waals surface area contributed by atoms with E-state index in [4.69, 9.17) is 11.6 Å². The van der Waals surface area contributed by atoms with E-state index < -0.39 is 0 Å². The van der Waals surface area contributed by atoms with Gasteiger partial charge in [0.25, 0.3) is 0 Å². The number of aromatic nitrogens is 2. The zero-order valence-corrected chi connectivity index (χ0v) is 13.4. The number of nitrogens with zero attached hydrogens (tertiary/aromatic N) is 2. The maximum atomic E-state index is 12.2. The Morgan fingerprint density at radius 1 is 1.48 bits per heavy atom. The van der Waals surface area contributed by atoms with E-state index in [1.807, 2.05) is 16.7 Å². The molecule has 1 unspecified atom stereocenters. The van der Waals surface area contributed by atoms with Crippen molar-refractivity contribution in [3.05, 3.63) is 44.9 Å². The second-order valence-corrected chi connectivity index (χ2v) is 6.50. The van der Waals surface area contributed by atoms with Crippen LogP contribution in [0.2, 0.25) is 5.02 Å². The van der Waals surface area contributed by atoms with E-state index in [0.717, 1.165) is 29.7 Å². The molecule has 1 N–H and O–H groups in total. The minimum Gasteiger partial charge on any atom is -0.305 e. The van der Waals surface area contributed by atoms with Gasteiger partial charge in [0.1, 0.15) is 0 Å². The molecule has 0 saturated heterocycles. The number of imidazole rings is 1. The van der Waals surface area contributed by atoms with Crippen LogP contribution in [0.1, 0.15) is 26.3 Å². The lowest BCUT2D eigenvalue weighted by Gasteiger charge is -2.26. The van der Waals surface area contributed by atoms with Crippen molar-refractivity contribution in [3.8, 4) is 0 Å². The van der Waals surface area contributed by atoms with Gasteiger partial charge in [-0.15, -0.1) is 0 Å². The van der Waals surface area contributed by atoms with Gasteiger partial charge in [-0.3, -0.25) is 9.47 Å². The molecule has 2 heterocycles. The molecule has 1 aromatic heterocycles. The van der Waals surface area contributed by atoms with Crippen LogP contribution in [0.25, 0.3) is 11.0 Å². The van der Waals surface area contributed by atoms with Gasteiger partial charge < -0.3 is 4.98 Å². The summed E-state index contributed by atoms with van der Waals surface area (Å²) in [5.74, 6) is 0. The van der Waals surface area contributed by atoms with Crippen LogP contribution in [-0.4, -0.2) is 27.0 Å². The zero-order chi connectivity index (χ0) is 15.1. The Kier molecular flexibility index (Phi) is 3.68. The topological polar surface area (TPSA) is 41.0 Å². The zero-order valence-electron chi connectivity index (χ0n) is 12.6. The van der Waals surface area contributed by atoms with E-state index in [1.165, 1.54) is 5.57 Å². The molecule has 0 amide bonds. The van der Waals surface area contributed by atoms with Crippen molar-refractivity contribution in [3.63, 3.8) is 0 Å². The molecule has 1 aliphatic heterocycles. The standard InChI is InChI=1S/C16H20ClN3O/c1-10(2)4-5-19-9-12-6-13(17)7-14-15(12)20(8-11(19)3)16(21)18-14/h4,6-7,11H,5,8-9H2,1-3H3,(H,18,21). The average Bonchev–Trinajstić information content (AvgIpc) is 2.61. The minimum atomic E-state index is -0.0515. The van der Waals surface area contributed by atoms with Crippen LogP contribution < -0.4 is 5.69 Å². The highest BCUT2D eigenvalue weighted by Crippen LogP contribution is 2.27. The molecule has 0 bridgehead atoms. The maximum Gasteiger partial charge on any atom is 0.326 e. The van der Waals surface area contributed by atoms with Crippen molar-refractivity contribution in [2.75, 3.05) is 6.54 Å². The van der Waals surface area contributed by atoms with Crippen LogP contribution in [0, 0.1) is 0 Å². The number of hydrogen-bond donors (Lipinski definition) is 1. The van der Waals surface area contributed by atoms with E-state index in [2.05, 4.69) is 36.7 Å². The summed E-state index contributed by atoms with van der Waals surface area (Å²) in [6.07, 6.45) is 2.23. The van der Waals surface area contributed by atoms with Gasteiger partial charge in [-0.05, 0) is 38.5 Å². The fraction of sp³-hybridized carbons (Fsp3) is 0.438. The number of nitrogens with one attached hydrogen (secondary N) is 1. The number of H-pyrrole nitrogens is 1. The van der Waals surface area contributed by atoms with Crippen LogP contribution in [-0.2, 0) is 13.1 Å². The summed E-state index contributed by atoms with van der Waals surface area (Å²) in [5, 5.41) is 0.669. The first-order valence-electron chi connectivity index (χ1n) is 7.24. The fourth-order valence-corrected chi connectivity index (χ4v) is 3.19. The molecule has 1 atom stereocenters. The molecule has 1 aromatic carbocycles. The van der Waals surface area contributed by atoms with Crippen molar-refractivity contribution >= 4 is 22.6 Å². The molecule has 1 aliphatic rings. The van der Waals surface area contributed by atoms with E-state index >= 15 is 0 Å². The van der Waals surface area contributed by atoms with Crippen molar-refractivity contribution < 1.29 is 0 Å². The summed E-state index contributed by atoms with van der Waals surface area (Å²) in [7, 11) is 0. The van der Waals surface area contributed by atoms with E-state index in [0.29, 0.717) is 17.6 Å². The van der Waals surface area contributed by atoms with Gasteiger partial charge in [-0.25, -0.2) is 4.79 Å². The molecule has 0 aliphatic carbocycles. The number of allylic oxidation sites excluding steroid dienone is 1. The third-order valence-corrected chi connectivity index (χ3v) is 4.31. The number of aromatic amines is 1. The quantitative estimate of drug-likeness (QED) is 0.866. The van der Waals surface area contributed by atoms with Gasteiger partial charge in [0.15, 0.2) is 0 Å². The largest absolute Gasteiger partial charge is 0.326 e. The molecule has 112 valence electrons. The number of benzene rings is 1. The summed E-state index contributed by atoms with van der Waals surface area (Å²) in [6.45, 7) is 8.77. The number of halogens is 1. The van der Waals surface area contributed by atoms with Crippen LogP contribution in [0.3, 0.4) is 0 Å². The predicted octanol–water partition coefficient (Wildman–Crippen LogP) is 3.15. The summed E-state index contributed by atoms with van der Waals surface area (Å²) in [4.78, 5) is 17.5. The van der Waals surface area contributed by atoms with Crippen LogP contribution in [0.15, 0.2) is 28.6 Å². The van der Waals surface area contributed by atoms with E-state index in [-0.39, 0.29) is 5.69 Å². The van der Waals surface area contributed by atoms with Gasteiger partial charge in [0.05, 0.1) is 11.0 Å². The van der Waals surface area contributed by atoms with Crippen LogP contribution in [0.5, 0.6) is 0 Å². The Morgan fingerprint density at radius 2 is 2.24 bits per heavy atom. The highest BCUT2D eigenvalue weighted by atomic mass is 35.5. The van der Waals surface area contributed by atoms with Gasteiger partial charge in [-0.2, -0.15) is 0 Å². The van der Waals surface area contributed by atoms with Crippen LogP contribution >= 0.6 is 11.6 Å². The molecule has 21 heavy (non-hydrogen) atoms. The molecule has 3 rings (SSSR count). The summed E-state index contributed by atoms with van der Waals surface area (Å²) >= 11 is 6.19. The highest BCUT2D eigenvalue weighted by molar-refractivity contribution is 6.31. The Morgan fingerprint density at radius 3 is 2.95 bits per heavy atom. The molecular formula is C16H20ClN3O. The SMILES string of the molecule is CC(C)=CCN1Cc2cc(Cl)cc3[nH]c(=O)n(c23)CC1C. The van der Waals surface area contributed by atoms with Crippen molar-refractivity contribution in [1.82, 2.24) is 14.5 Å². The van der Waals surface area contributed by atoms with Crippen LogP contribution in [0.4, 0.5) is 0 Å². The van der Waals surface area contributed by atoms with Crippen molar-refractivity contribution in [1.29, 1.82) is 0 Å². The highest BCUT2D eigenvalue weighted by Gasteiger charge is 2.23. The molecule has 0 saturated carbocycles. The maximum absolute atomic E-state index is 12.2. The lowest BCUT2D eigenvalue weighted by Crippen LogP contribution is -2.36. The third-order valence-electron chi connectivity index (χ3n) is 4.09. The number of hydrogen-bond acceptors (Lipinski definition) is 2. The second kappa shape index (κ2) is 5.35. The third kappa shape index (κ3) is 2.65. The summed E-state index contributed by atoms with van der Waals surface area (Å²) in [6, 6.07) is 4.10. The molecule has 0 spiro atoms. The van der Waals surface area contributed by atoms with Crippen molar-refractivity contribution in [2.24, 2.45) is 0 Å². The lowest BCUT2D eigenvalue weighted by molar-refractivity contribution is 0.210. The molecule has 2 aromatic rings. The Hall–Kier alpha value is -1.52. The molecule has 0 radical (unpaired) electrons. The van der Waals surface area contributed by atoms with Gasteiger partial charge >= 0.3 is 5.69 Å². The predicted molar refractivity (Wildman–Crippen MR) is 86.9 cm³/mol. The first-order chi connectivity index (χ1) is 9.95. The molecule has 0 fully saturated rings. The molecular weight excluding hydrogens is 286 g/mol. The normalized spacial score (nSPS) is 18.8. The second-order valence-electron chi connectivity index (χ2n) is 6.06. The van der Waals surface area contributed by atoms with Gasteiger partial charge in [0.2, 0.25) is 0 Å². The summed E-state index contributed by atoms with van der Waals surface area (Å²) < 4.78 is 1.84.